The van der Waals surface area contributed by atoms with E-state index in [0.717, 1.165) is 11.1 Å². The summed E-state index contributed by atoms with van der Waals surface area (Å²) in [5.41, 5.74) is 6.87. The standard InChI is InChI=1S/C22H22ClN5O2/c1-13-7-5-9-17(11-13)21(29)24-18-10-6-8-16(12-18)14(2)25-26-22(30)20-19(23)15(3)27-28(20)4/h5-12H,1-4H3,(H,24,29)(H,26,30). The van der Waals surface area contributed by atoms with Crippen molar-refractivity contribution in [3.8, 4) is 0 Å². The predicted octanol–water partition coefficient (Wildman–Crippen LogP) is 4.10. The molecule has 0 aliphatic carbocycles. The normalized spacial score (nSPS) is 11.3. The fourth-order valence-electron chi connectivity index (χ4n) is 2.94. The van der Waals surface area contributed by atoms with Gasteiger partial charge >= 0.3 is 0 Å². The predicted molar refractivity (Wildman–Crippen MR) is 118 cm³/mol. The number of carbonyl (C=O) groups excluding carboxylic acids is 2. The molecule has 0 atom stereocenters. The summed E-state index contributed by atoms with van der Waals surface area (Å²) in [5, 5.41) is 11.5. The van der Waals surface area contributed by atoms with Crippen LogP contribution in [-0.4, -0.2) is 27.3 Å². The van der Waals surface area contributed by atoms with Crippen LogP contribution in [0.1, 0.15) is 44.6 Å². The molecule has 30 heavy (non-hydrogen) atoms. The van der Waals surface area contributed by atoms with Crippen LogP contribution in [0.2, 0.25) is 5.02 Å². The number of hydrazone groups is 1. The lowest BCUT2D eigenvalue weighted by atomic mass is 10.1. The van der Waals surface area contributed by atoms with Gasteiger partial charge in [0.15, 0.2) is 0 Å². The van der Waals surface area contributed by atoms with E-state index in [1.165, 1.54) is 4.68 Å². The first-order chi connectivity index (χ1) is 14.3. The van der Waals surface area contributed by atoms with Crippen LogP contribution in [0.15, 0.2) is 53.6 Å². The van der Waals surface area contributed by atoms with Gasteiger partial charge in [-0.05, 0) is 50.6 Å². The second kappa shape index (κ2) is 8.92. The minimum atomic E-state index is -0.452. The smallest absolute Gasteiger partial charge is 0.291 e. The van der Waals surface area contributed by atoms with E-state index in [-0.39, 0.29) is 11.6 Å². The van der Waals surface area contributed by atoms with Crippen molar-refractivity contribution in [2.75, 3.05) is 5.32 Å². The molecule has 0 radical (unpaired) electrons. The van der Waals surface area contributed by atoms with Gasteiger partial charge in [0.05, 0.1) is 16.4 Å². The molecule has 3 rings (SSSR count). The molecule has 7 nitrogen and oxygen atoms in total. The van der Waals surface area contributed by atoms with Crippen molar-refractivity contribution in [1.29, 1.82) is 0 Å². The highest BCUT2D eigenvalue weighted by atomic mass is 35.5. The summed E-state index contributed by atoms with van der Waals surface area (Å²) < 4.78 is 1.42. The summed E-state index contributed by atoms with van der Waals surface area (Å²) in [6.07, 6.45) is 0. The van der Waals surface area contributed by atoms with Crippen molar-refractivity contribution in [2.24, 2.45) is 12.1 Å². The van der Waals surface area contributed by atoms with Gasteiger partial charge in [-0.15, -0.1) is 0 Å². The van der Waals surface area contributed by atoms with Crippen molar-refractivity contribution in [1.82, 2.24) is 15.2 Å². The summed E-state index contributed by atoms with van der Waals surface area (Å²) in [7, 11) is 1.64. The molecule has 0 aliphatic rings. The number of nitrogens with zero attached hydrogens (tertiary/aromatic N) is 3. The Morgan fingerprint density at radius 2 is 1.73 bits per heavy atom. The SMILES string of the molecule is CC(=NNC(=O)c1c(Cl)c(C)nn1C)c1cccc(NC(=O)c2cccc(C)c2)c1. The number of hydrogen-bond acceptors (Lipinski definition) is 4. The Morgan fingerprint density at radius 1 is 1.03 bits per heavy atom. The summed E-state index contributed by atoms with van der Waals surface area (Å²) >= 11 is 6.14. The number of carbonyl (C=O) groups is 2. The van der Waals surface area contributed by atoms with E-state index in [0.29, 0.717) is 27.7 Å². The zero-order chi connectivity index (χ0) is 21.8. The fraction of sp³-hybridized carbons (Fsp3) is 0.182. The zero-order valence-corrected chi connectivity index (χ0v) is 17.9. The van der Waals surface area contributed by atoms with Gasteiger partial charge in [0.25, 0.3) is 11.8 Å². The number of anilines is 1. The number of aryl methyl sites for hydroxylation is 3. The fourth-order valence-corrected chi connectivity index (χ4v) is 3.19. The quantitative estimate of drug-likeness (QED) is 0.478. The van der Waals surface area contributed by atoms with Gasteiger partial charge in [-0.25, -0.2) is 5.43 Å². The number of hydrogen-bond donors (Lipinski definition) is 2. The van der Waals surface area contributed by atoms with Gasteiger partial charge in [0.1, 0.15) is 5.69 Å². The Kier molecular flexibility index (Phi) is 6.32. The van der Waals surface area contributed by atoms with Gasteiger partial charge in [-0.3, -0.25) is 14.3 Å². The molecule has 0 unspecified atom stereocenters. The topological polar surface area (TPSA) is 88.4 Å². The van der Waals surface area contributed by atoms with Gasteiger partial charge < -0.3 is 5.32 Å². The van der Waals surface area contributed by atoms with Crippen LogP contribution in [0.25, 0.3) is 0 Å². The van der Waals surface area contributed by atoms with Crippen molar-refractivity contribution in [3.63, 3.8) is 0 Å². The number of aromatic nitrogens is 2. The van der Waals surface area contributed by atoms with Crippen LogP contribution < -0.4 is 10.7 Å². The second-order valence-corrected chi connectivity index (χ2v) is 7.29. The maximum Gasteiger partial charge on any atom is 0.291 e. The lowest BCUT2D eigenvalue weighted by Crippen LogP contribution is -2.22. The minimum Gasteiger partial charge on any atom is -0.322 e. The third kappa shape index (κ3) is 4.75. The van der Waals surface area contributed by atoms with Gasteiger partial charge in [0.2, 0.25) is 0 Å². The molecule has 0 aliphatic heterocycles. The van der Waals surface area contributed by atoms with Gasteiger partial charge in [0, 0.05) is 18.3 Å². The monoisotopic (exact) mass is 423 g/mol. The molecule has 3 aromatic rings. The Morgan fingerprint density at radius 3 is 2.40 bits per heavy atom. The summed E-state index contributed by atoms with van der Waals surface area (Å²) in [6.45, 7) is 5.42. The van der Waals surface area contributed by atoms with Crippen molar-refractivity contribution in [2.45, 2.75) is 20.8 Å². The zero-order valence-electron chi connectivity index (χ0n) is 17.2. The van der Waals surface area contributed by atoms with E-state index >= 15 is 0 Å². The van der Waals surface area contributed by atoms with E-state index < -0.39 is 5.91 Å². The van der Waals surface area contributed by atoms with Crippen LogP contribution in [0, 0.1) is 13.8 Å². The molecule has 154 valence electrons. The Balaban J connectivity index is 1.73. The molecular formula is C22H22ClN5O2. The highest BCUT2D eigenvalue weighted by Crippen LogP contribution is 2.19. The summed E-state index contributed by atoms with van der Waals surface area (Å²) in [4.78, 5) is 24.9. The largest absolute Gasteiger partial charge is 0.322 e. The maximum absolute atomic E-state index is 12.5. The highest BCUT2D eigenvalue weighted by molar-refractivity contribution is 6.34. The number of nitrogens with one attached hydrogen (secondary N) is 2. The third-order valence-corrected chi connectivity index (χ3v) is 4.96. The van der Waals surface area contributed by atoms with Crippen LogP contribution in [0.4, 0.5) is 5.69 Å². The average molecular weight is 424 g/mol. The molecule has 0 saturated heterocycles. The molecular weight excluding hydrogens is 402 g/mol. The molecule has 2 amide bonds. The first kappa shape index (κ1) is 21.3. The second-order valence-electron chi connectivity index (χ2n) is 6.91. The Labute approximate surface area is 179 Å². The molecule has 1 aromatic heterocycles. The van der Waals surface area contributed by atoms with Crippen LogP contribution in [-0.2, 0) is 7.05 Å². The van der Waals surface area contributed by atoms with Crippen molar-refractivity contribution < 1.29 is 9.59 Å². The van der Waals surface area contributed by atoms with Crippen LogP contribution in [0.5, 0.6) is 0 Å². The van der Waals surface area contributed by atoms with Gasteiger partial charge in [-0.1, -0.05) is 41.4 Å². The molecule has 0 spiro atoms. The third-order valence-electron chi connectivity index (χ3n) is 4.51. The van der Waals surface area contributed by atoms with E-state index in [2.05, 4.69) is 20.9 Å². The maximum atomic E-state index is 12.5. The summed E-state index contributed by atoms with van der Waals surface area (Å²) in [6, 6.07) is 14.6. The number of halogens is 1. The van der Waals surface area contributed by atoms with E-state index in [4.69, 9.17) is 11.6 Å². The Bertz CT molecular complexity index is 1150. The molecule has 0 fully saturated rings. The average Bonchev–Trinajstić information content (AvgIpc) is 2.97. The van der Waals surface area contributed by atoms with Crippen molar-refractivity contribution in [3.05, 3.63) is 81.6 Å². The lowest BCUT2D eigenvalue weighted by molar-refractivity contribution is 0.0945. The number of amides is 2. The lowest BCUT2D eigenvalue weighted by Gasteiger charge is -2.08. The minimum absolute atomic E-state index is 0.194. The molecule has 0 saturated carbocycles. The van der Waals surface area contributed by atoms with E-state index in [9.17, 15) is 9.59 Å². The first-order valence-electron chi connectivity index (χ1n) is 9.28. The molecule has 1 heterocycles. The van der Waals surface area contributed by atoms with Crippen molar-refractivity contribution >= 4 is 34.8 Å². The molecule has 2 N–H and O–H groups in total. The molecule has 8 heteroatoms. The van der Waals surface area contributed by atoms with E-state index in [1.54, 1.807) is 39.1 Å². The molecule has 2 aromatic carbocycles. The molecule has 0 bridgehead atoms. The number of rotatable bonds is 5. The van der Waals surface area contributed by atoms with Crippen LogP contribution >= 0.6 is 11.6 Å². The highest BCUT2D eigenvalue weighted by Gasteiger charge is 2.18. The van der Waals surface area contributed by atoms with E-state index in [1.807, 2.05) is 37.3 Å². The number of benzene rings is 2. The first-order valence-corrected chi connectivity index (χ1v) is 9.66. The van der Waals surface area contributed by atoms with Gasteiger partial charge in [-0.2, -0.15) is 10.2 Å². The van der Waals surface area contributed by atoms with Crippen LogP contribution in [0.3, 0.4) is 0 Å². The summed E-state index contributed by atoms with van der Waals surface area (Å²) in [5.74, 6) is -0.647. The Hall–Kier alpha value is -3.45.